The number of benzene rings is 1. The van der Waals surface area contributed by atoms with Crippen LogP contribution in [0.5, 0.6) is 0 Å². The van der Waals surface area contributed by atoms with Crippen molar-refractivity contribution in [1.82, 2.24) is 15.0 Å². The van der Waals surface area contributed by atoms with E-state index in [1.165, 1.54) is 12.1 Å². The van der Waals surface area contributed by atoms with E-state index in [9.17, 15) is 9.18 Å². The topological polar surface area (TPSA) is 94.0 Å². The van der Waals surface area contributed by atoms with Crippen molar-refractivity contribution in [2.45, 2.75) is 19.0 Å². The zero-order chi connectivity index (χ0) is 14.7. The van der Waals surface area contributed by atoms with Crippen LogP contribution < -0.4 is 5.73 Å². The van der Waals surface area contributed by atoms with Crippen LogP contribution in [-0.2, 0) is 17.8 Å². The Morgan fingerprint density at radius 3 is 2.95 bits per heavy atom. The number of hydrogen-bond donors (Lipinski definition) is 2. The van der Waals surface area contributed by atoms with Crippen LogP contribution in [0.4, 0.5) is 4.39 Å². The molecular formula is C12H12BrFN4O2. The maximum atomic E-state index is 13.0. The third kappa shape index (κ3) is 3.61. The molecule has 2 aromatic rings. The summed E-state index contributed by atoms with van der Waals surface area (Å²) < 4.78 is 15.2. The van der Waals surface area contributed by atoms with Gasteiger partial charge in [0.25, 0.3) is 0 Å². The number of hydrogen-bond acceptors (Lipinski definition) is 4. The average Bonchev–Trinajstić information content (AvgIpc) is 2.80. The Bertz CT molecular complexity index is 632. The molecule has 0 bridgehead atoms. The molecule has 0 fully saturated rings. The minimum Gasteiger partial charge on any atom is -0.480 e. The Morgan fingerprint density at radius 2 is 2.30 bits per heavy atom. The molecule has 0 aliphatic rings. The monoisotopic (exact) mass is 342 g/mol. The molecule has 0 amide bonds. The highest BCUT2D eigenvalue weighted by Gasteiger charge is 2.14. The van der Waals surface area contributed by atoms with Crippen LogP contribution in [0.3, 0.4) is 0 Å². The van der Waals surface area contributed by atoms with Gasteiger partial charge in [0, 0.05) is 17.1 Å². The standard InChI is InChI=1S/C12H12BrFN4O2/c13-10-3-8(14)2-1-7(10)5-18-6-9(16-17-18)4-11(15)12(19)20/h1-3,6,11H,4-5,15H2,(H,19,20). The van der Waals surface area contributed by atoms with Gasteiger partial charge in [0.05, 0.1) is 12.2 Å². The number of nitrogens with zero attached hydrogens (tertiary/aromatic N) is 3. The molecule has 0 radical (unpaired) electrons. The van der Waals surface area contributed by atoms with Gasteiger partial charge in [0.1, 0.15) is 11.9 Å². The third-order valence-electron chi connectivity index (χ3n) is 2.68. The van der Waals surface area contributed by atoms with Crippen LogP contribution in [0.25, 0.3) is 0 Å². The first kappa shape index (κ1) is 14.6. The molecule has 20 heavy (non-hydrogen) atoms. The Kier molecular flexibility index (Phi) is 4.46. The Morgan fingerprint density at radius 1 is 1.55 bits per heavy atom. The number of aliphatic carboxylic acids is 1. The zero-order valence-electron chi connectivity index (χ0n) is 10.3. The van der Waals surface area contributed by atoms with Gasteiger partial charge < -0.3 is 10.8 Å². The number of carboxylic acids is 1. The zero-order valence-corrected chi connectivity index (χ0v) is 11.9. The van der Waals surface area contributed by atoms with Crippen molar-refractivity contribution in [3.05, 3.63) is 45.9 Å². The first-order valence-electron chi connectivity index (χ1n) is 5.77. The Balaban J connectivity index is 2.07. The summed E-state index contributed by atoms with van der Waals surface area (Å²) in [5, 5.41) is 16.5. The molecule has 0 aliphatic carbocycles. The van der Waals surface area contributed by atoms with Gasteiger partial charge in [-0.05, 0) is 17.7 Å². The Hall–Kier alpha value is -1.80. The summed E-state index contributed by atoms with van der Waals surface area (Å²) in [5.74, 6) is -1.41. The van der Waals surface area contributed by atoms with Crippen molar-refractivity contribution in [1.29, 1.82) is 0 Å². The maximum absolute atomic E-state index is 13.0. The van der Waals surface area contributed by atoms with E-state index in [2.05, 4.69) is 26.2 Å². The quantitative estimate of drug-likeness (QED) is 0.850. The summed E-state index contributed by atoms with van der Waals surface area (Å²) in [6, 6.07) is 3.37. The Labute approximate surface area is 122 Å². The van der Waals surface area contributed by atoms with Crippen LogP contribution in [-0.4, -0.2) is 32.1 Å². The van der Waals surface area contributed by atoms with E-state index in [0.29, 0.717) is 16.7 Å². The number of nitrogens with two attached hydrogens (primary N) is 1. The lowest BCUT2D eigenvalue weighted by molar-refractivity contribution is -0.138. The molecule has 1 aromatic heterocycles. The van der Waals surface area contributed by atoms with Gasteiger partial charge in [-0.3, -0.25) is 4.79 Å². The molecule has 6 nitrogen and oxygen atoms in total. The second kappa shape index (κ2) is 6.10. The largest absolute Gasteiger partial charge is 0.480 e. The number of halogens is 2. The summed E-state index contributed by atoms with van der Waals surface area (Å²) in [4.78, 5) is 10.7. The highest BCUT2D eigenvalue weighted by atomic mass is 79.9. The van der Waals surface area contributed by atoms with Crippen LogP contribution >= 0.6 is 15.9 Å². The SMILES string of the molecule is NC(Cc1cn(Cc2ccc(F)cc2Br)nn1)C(=O)O. The van der Waals surface area contributed by atoms with Gasteiger partial charge in [0.2, 0.25) is 0 Å². The second-order valence-electron chi connectivity index (χ2n) is 4.29. The van der Waals surface area contributed by atoms with E-state index in [-0.39, 0.29) is 12.2 Å². The van der Waals surface area contributed by atoms with Crippen molar-refractivity contribution < 1.29 is 14.3 Å². The fourth-order valence-electron chi connectivity index (χ4n) is 1.65. The summed E-state index contributed by atoms with van der Waals surface area (Å²) in [7, 11) is 0. The lowest BCUT2D eigenvalue weighted by atomic mass is 10.2. The normalized spacial score (nSPS) is 12.3. The van der Waals surface area contributed by atoms with Crippen molar-refractivity contribution >= 4 is 21.9 Å². The highest BCUT2D eigenvalue weighted by Crippen LogP contribution is 2.18. The third-order valence-corrected chi connectivity index (χ3v) is 3.42. The molecular weight excluding hydrogens is 331 g/mol. The predicted molar refractivity (Wildman–Crippen MR) is 72.5 cm³/mol. The van der Waals surface area contributed by atoms with E-state index in [1.54, 1.807) is 16.9 Å². The first-order valence-corrected chi connectivity index (χ1v) is 6.56. The van der Waals surface area contributed by atoms with Crippen molar-refractivity contribution in [3.63, 3.8) is 0 Å². The molecule has 1 heterocycles. The molecule has 0 spiro atoms. The van der Waals surface area contributed by atoms with Crippen LogP contribution in [0.1, 0.15) is 11.3 Å². The summed E-state index contributed by atoms with van der Waals surface area (Å²) >= 11 is 3.27. The molecule has 1 aromatic carbocycles. The van der Waals surface area contributed by atoms with Gasteiger partial charge in [-0.1, -0.05) is 27.2 Å². The van der Waals surface area contributed by atoms with Crippen LogP contribution in [0.15, 0.2) is 28.9 Å². The van der Waals surface area contributed by atoms with Crippen LogP contribution in [0, 0.1) is 5.82 Å². The molecule has 2 rings (SSSR count). The van der Waals surface area contributed by atoms with E-state index >= 15 is 0 Å². The van der Waals surface area contributed by atoms with Gasteiger partial charge in [0.15, 0.2) is 0 Å². The summed E-state index contributed by atoms with van der Waals surface area (Å²) in [5.41, 5.74) is 6.76. The van der Waals surface area contributed by atoms with Gasteiger partial charge in [-0.25, -0.2) is 9.07 Å². The first-order chi connectivity index (χ1) is 9.45. The molecule has 1 unspecified atom stereocenters. The lowest BCUT2D eigenvalue weighted by Crippen LogP contribution is -2.32. The number of carbonyl (C=O) groups is 1. The minimum absolute atomic E-state index is 0.111. The molecule has 0 saturated heterocycles. The maximum Gasteiger partial charge on any atom is 0.320 e. The highest BCUT2D eigenvalue weighted by molar-refractivity contribution is 9.10. The van der Waals surface area contributed by atoms with Gasteiger partial charge >= 0.3 is 5.97 Å². The van der Waals surface area contributed by atoms with E-state index in [4.69, 9.17) is 10.8 Å². The molecule has 1 atom stereocenters. The molecule has 0 aliphatic heterocycles. The fraction of sp³-hybridized carbons (Fsp3) is 0.250. The number of aromatic nitrogens is 3. The summed E-state index contributed by atoms with van der Waals surface area (Å²) in [6.07, 6.45) is 1.73. The van der Waals surface area contributed by atoms with Crippen LogP contribution in [0.2, 0.25) is 0 Å². The number of rotatable bonds is 5. The molecule has 3 N–H and O–H groups in total. The van der Waals surface area contributed by atoms with Crippen molar-refractivity contribution in [2.24, 2.45) is 5.73 Å². The van der Waals surface area contributed by atoms with Gasteiger partial charge in [-0.2, -0.15) is 0 Å². The van der Waals surface area contributed by atoms with Crippen molar-refractivity contribution in [2.75, 3.05) is 0 Å². The average molecular weight is 343 g/mol. The predicted octanol–water partition coefficient (Wildman–Crippen LogP) is 1.18. The lowest BCUT2D eigenvalue weighted by Gasteiger charge is -2.04. The van der Waals surface area contributed by atoms with E-state index in [0.717, 1.165) is 5.56 Å². The molecule has 106 valence electrons. The second-order valence-corrected chi connectivity index (χ2v) is 5.15. The summed E-state index contributed by atoms with van der Waals surface area (Å²) in [6.45, 7) is 0.399. The van der Waals surface area contributed by atoms with Crippen molar-refractivity contribution in [3.8, 4) is 0 Å². The fourth-order valence-corrected chi connectivity index (χ4v) is 2.12. The van der Waals surface area contributed by atoms with E-state index in [1.807, 2.05) is 0 Å². The molecule has 8 heteroatoms. The van der Waals surface area contributed by atoms with Gasteiger partial charge in [-0.15, -0.1) is 5.10 Å². The van der Waals surface area contributed by atoms with E-state index < -0.39 is 12.0 Å². The minimum atomic E-state index is -1.08. The smallest absolute Gasteiger partial charge is 0.320 e. The number of carboxylic acid groups (broad SMARTS) is 1. The molecule has 0 saturated carbocycles.